The van der Waals surface area contributed by atoms with E-state index in [1.807, 2.05) is 110 Å². The molecular formula is C80H96N12O5. The number of pyridine rings is 3. The van der Waals surface area contributed by atoms with Crippen LogP contribution >= 0.6 is 0 Å². The summed E-state index contributed by atoms with van der Waals surface area (Å²) in [5.74, 6) is 32.5. The molecule has 5 N–H and O–H groups in total. The lowest BCUT2D eigenvalue weighted by atomic mass is 9.86. The lowest BCUT2D eigenvalue weighted by Crippen LogP contribution is -2.38. The molecule has 0 saturated heterocycles. The second-order valence-corrected chi connectivity index (χ2v) is 25.5. The second-order valence-electron chi connectivity index (χ2n) is 25.5. The fraction of sp³-hybridized carbons (Fsp3) is 0.475. The van der Waals surface area contributed by atoms with E-state index < -0.39 is 0 Å². The fourth-order valence-electron chi connectivity index (χ4n) is 13.1. The van der Waals surface area contributed by atoms with Crippen LogP contribution in [-0.4, -0.2) is 94.6 Å². The third-order valence-corrected chi connectivity index (χ3v) is 17.8. The molecule has 5 aliphatic rings. The second kappa shape index (κ2) is 40.6. The Hall–Kier alpha value is -9.76. The average molecular weight is 1310 g/mol. The fourth-order valence-corrected chi connectivity index (χ4v) is 13.1. The van der Waals surface area contributed by atoms with Gasteiger partial charge < -0.3 is 26.6 Å². The van der Waals surface area contributed by atoms with Crippen LogP contribution in [0.5, 0.6) is 0 Å². The molecule has 0 spiro atoms. The van der Waals surface area contributed by atoms with Crippen molar-refractivity contribution in [3.63, 3.8) is 0 Å². The average Bonchev–Trinajstić information content (AvgIpc) is 0.989. The van der Waals surface area contributed by atoms with E-state index >= 15 is 0 Å². The number of fused-ring (bicyclic) bond motifs is 1. The quantitative estimate of drug-likeness (QED) is 0.0806. The highest BCUT2D eigenvalue weighted by Gasteiger charge is 2.28. The van der Waals surface area contributed by atoms with Crippen molar-refractivity contribution in [2.45, 2.75) is 214 Å². The molecule has 0 bridgehead atoms. The summed E-state index contributed by atoms with van der Waals surface area (Å²) < 4.78 is 0. The number of rotatable bonds is 10. The molecular weight excluding hydrogens is 1210 g/mol. The van der Waals surface area contributed by atoms with Crippen molar-refractivity contribution in [3.8, 4) is 59.2 Å². The normalized spacial score (nSPS) is 22.0. The topological polar surface area (TPSA) is 236 Å². The molecule has 11 rings (SSSR count). The molecule has 10 unspecified atom stereocenters. The van der Waals surface area contributed by atoms with Crippen LogP contribution in [0.3, 0.4) is 0 Å². The van der Waals surface area contributed by atoms with E-state index in [2.05, 4.69) is 121 Å². The predicted octanol–water partition coefficient (Wildman–Crippen LogP) is 12.8. The largest absolute Gasteiger partial charge is 0.348 e. The minimum atomic E-state index is -0.141. The highest BCUT2D eigenvalue weighted by Crippen LogP contribution is 2.28. The zero-order chi connectivity index (χ0) is 69.2. The number of aromatic nitrogens is 7. The van der Waals surface area contributed by atoms with Gasteiger partial charge in [0.1, 0.15) is 28.5 Å². The third kappa shape index (κ3) is 25.7. The molecule has 1 aromatic carbocycles. The maximum atomic E-state index is 12.4. The zero-order valence-corrected chi connectivity index (χ0v) is 57.9. The number of nitrogens with zero attached hydrogens (tertiary/aromatic N) is 7. The number of nitrogens with one attached hydrogen (secondary N) is 5. The molecule has 97 heavy (non-hydrogen) atoms. The van der Waals surface area contributed by atoms with Crippen molar-refractivity contribution < 1.29 is 24.0 Å². The van der Waals surface area contributed by atoms with Gasteiger partial charge >= 0.3 is 0 Å². The number of carbonyl (C=O) groups excluding carboxylic acids is 5. The molecule has 0 aliphatic heterocycles. The Morgan fingerprint density at radius 2 is 0.794 bits per heavy atom. The lowest BCUT2D eigenvalue weighted by molar-refractivity contribution is 0.0909. The van der Waals surface area contributed by atoms with E-state index in [0.717, 1.165) is 156 Å². The van der Waals surface area contributed by atoms with E-state index in [-0.39, 0.29) is 59.7 Å². The Bertz CT molecular complexity index is 3890. The predicted molar refractivity (Wildman–Crippen MR) is 382 cm³/mol. The van der Waals surface area contributed by atoms with Crippen molar-refractivity contribution >= 4 is 40.4 Å². The molecule has 17 nitrogen and oxygen atoms in total. The number of aryl methyl sites for hydroxylation is 3. The molecule has 5 aromatic heterocycles. The molecule has 5 heterocycles. The minimum Gasteiger partial charge on any atom is -0.348 e. The van der Waals surface area contributed by atoms with Crippen LogP contribution in [0.4, 0.5) is 0 Å². The van der Waals surface area contributed by atoms with Crippen LogP contribution in [-0.2, 0) is 0 Å². The number of para-hydroxylation sites is 1. The van der Waals surface area contributed by atoms with Gasteiger partial charge in [0.25, 0.3) is 29.5 Å². The van der Waals surface area contributed by atoms with Crippen molar-refractivity contribution in [2.24, 2.45) is 29.6 Å². The van der Waals surface area contributed by atoms with Gasteiger partial charge in [0, 0.05) is 95.7 Å². The third-order valence-electron chi connectivity index (χ3n) is 17.8. The molecule has 6 aromatic rings. The Morgan fingerprint density at radius 3 is 1.21 bits per heavy atom. The van der Waals surface area contributed by atoms with Gasteiger partial charge in [-0.05, 0) is 188 Å². The molecule has 10 atom stereocenters. The highest BCUT2D eigenvalue weighted by atomic mass is 16.2. The maximum absolute atomic E-state index is 12.4. The van der Waals surface area contributed by atoms with E-state index in [1.165, 1.54) is 18.6 Å². The molecule has 5 aliphatic carbocycles. The molecule has 17 heteroatoms. The van der Waals surface area contributed by atoms with Crippen molar-refractivity contribution in [3.05, 3.63) is 149 Å². The van der Waals surface area contributed by atoms with Gasteiger partial charge in [0.05, 0.1) is 23.6 Å². The van der Waals surface area contributed by atoms with Gasteiger partial charge in [0.2, 0.25) is 0 Å². The van der Waals surface area contributed by atoms with E-state index in [0.29, 0.717) is 58.1 Å². The monoisotopic (exact) mass is 1300 g/mol. The van der Waals surface area contributed by atoms with Crippen LogP contribution in [0.1, 0.15) is 232 Å². The first-order valence-corrected chi connectivity index (χ1v) is 34.5. The molecule has 5 saturated carbocycles. The smallest absolute Gasteiger partial charge is 0.271 e. The first-order chi connectivity index (χ1) is 47.1. The van der Waals surface area contributed by atoms with Crippen molar-refractivity contribution in [1.29, 1.82) is 0 Å². The molecule has 5 amide bonds. The van der Waals surface area contributed by atoms with Crippen LogP contribution in [0, 0.1) is 110 Å². The van der Waals surface area contributed by atoms with Crippen molar-refractivity contribution in [2.75, 3.05) is 0 Å². The summed E-state index contributed by atoms with van der Waals surface area (Å²) >= 11 is 0. The standard InChI is InChI=1S/C19H20N2O.2C16H20N2O.C15H19N3O.C14H17N3O/c1-2-6-14-7-5-9-16(13-14)20-19(22)18-12-11-15-8-3-4-10-17(15)21-18;1-3-6-13-8-4-9-14(11-13)18-16(19)15-12(2)7-5-10-17-15;1-3-6-13-8-5-9-14(11-13)18-16(19)15-10-4-7-12(2)17-15;1-3-5-12-6-4-7-13(8-12)18-15(19)14-10-16-11(2)9-17-14;1-2-4-11-5-3-6-12(9-11)17-14(18)13-10-15-7-8-16-13/h3-4,8,10-12,14,16H,5,7,9,13H2,1H3,(H,20,22);5,7,10,13-14H,4,8-9,11H2,1-2H3,(H,18,19);4,7,10,13-14H,5,8-9,11H2,1-2H3,(H,18,19);9-10,12-13H,4,6-8H2,1-2H3,(H,18,19);7-8,10-12H,3,5-6,9H2,1H3,(H,17,18). The number of amides is 5. The molecule has 506 valence electrons. The van der Waals surface area contributed by atoms with Gasteiger partial charge in [0.15, 0.2) is 0 Å². The first kappa shape index (κ1) is 74.6. The molecule has 0 radical (unpaired) electrons. The van der Waals surface area contributed by atoms with Gasteiger partial charge in [-0.2, -0.15) is 0 Å². The Morgan fingerprint density at radius 1 is 0.361 bits per heavy atom. The summed E-state index contributed by atoms with van der Waals surface area (Å²) in [5.41, 5.74) is 5.74. The number of benzene rings is 1. The Balaban J connectivity index is 0.000000171. The number of hydrogen-bond donors (Lipinski definition) is 5. The highest BCUT2D eigenvalue weighted by molar-refractivity contribution is 5.96. The van der Waals surface area contributed by atoms with Gasteiger partial charge in [-0.3, -0.25) is 38.9 Å². The summed E-state index contributed by atoms with van der Waals surface area (Å²) in [7, 11) is 0. The minimum absolute atomic E-state index is 0.0618. The summed E-state index contributed by atoms with van der Waals surface area (Å²) in [6.07, 6.45) is 30.6. The van der Waals surface area contributed by atoms with Crippen LogP contribution in [0.25, 0.3) is 10.9 Å². The Kier molecular flexibility index (Phi) is 31.2. The van der Waals surface area contributed by atoms with Crippen molar-refractivity contribution in [1.82, 2.24) is 61.5 Å². The first-order valence-electron chi connectivity index (χ1n) is 34.5. The zero-order valence-electron chi connectivity index (χ0n) is 57.9. The summed E-state index contributed by atoms with van der Waals surface area (Å²) in [6, 6.07) is 21.9. The van der Waals surface area contributed by atoms with Gasteiger partial charge in [-0.1, -0.05) is 68.5 Å². The van der Waals surface area contributed by atoms with Crippen LogP contribution in [0.15, 0.2) is 104 Å². The summed E-state index contributed by atoms with van der Waals surface area (Å²) in [6.45, 7) is 15.0. The molecule has 5 fully saturated rings. The van der Waals surface area contributed by atoms with E-state index in [1.54, 1.807) is 30.7 Å². The number of hydrogen-bond acceptors (Lipinski definition) is 12. The van der Waals surface area contributed by atoms with Crippen LogP contribution < -0.4 is 26.6 Å². The summed E-state index contributed by atoms with van der Waals surface area (Å²) in [4.78, 5) is 89.6. The summed E-state index contributed by atoms with van der Waals surface area (Å²) in [5, 5.41) is 16.4. The van der Waals surface area contributed by atoms with E-state index in [4.69, 9.17) is 0 Å². The SMILES string of the molecule is CC#CC1CCCC(NC(=O)c2ccc3ccccc3n2)C1.CC#CC1CCCC(NC(=O)c2cccc(C)n2)C1.CC#CC1CCCC(NC(=O)c2cnc(C)cn2)C1.CC#CC1CCCC(NC(=O)c2cnccn2)C1.CC#CC1CCCC(NC(=O)c2ncccc2C)C1. The maximum Gasteiger partial charge on any atom is 0.271 e. The Labute approximate surface area is 575 Å². The van der Waals surface area contributed by atoms with E-state index in [9.17, 15) is 24.0 Å². The van der Waals surface area contributed by atoms with Gasteiger partial charge in [-0.25, -0.2) is 19.9 Å². The lowest BCUT2D eigenvalue weighted by Gasteiger charge is -2.27. The van der Waals surface area contributed by atoms with Gasteiger partial charge in [-0.15, -0.1) is 59.2 Å². The number of carbonyl (C=O) groups is 5. The van der Waals surface area contributed by atoms with Crippen LogP contribution in [0.2, 0.25) is 0 Å².